The third kappa shape index (κ3) is 4.67. The average Bonchev–Trinajstić information content (AvgIpc) is 2.71. The maximum atomic E-state index is 11.0. The lowest BCUT2D eigenvalue weighted by atomic mass is 10.4. The molecule has 0 spiro atoms. The Kier molecular flexibility index (Phi) is 6.62. The van der Waals surface area contributed by atoms with Gasteiger partial charge in [-0.25, -0.2) is 4.79 Å². The van der Waals surface area contributed by atoms with Crippen molar-refractivity contribution in [3.05, 3.63) is 28.1 Å². The Morgan fingerprint density at radius 2 is 2.00 bits per heavy atom. The number of hydrogen-bond donors (Lipinski definition) is 0. The third-order valence-electron chi connectivity index (χ3n) is 2.10. The van der Waals surface area contributed by atoms with Gasteiger partial charge in [-0.15, -0.1) is 0 Å². The van der Waals surface area contributed by atoms with Crippen LogP contribution in [0.3, 0.4) is 0 Å². The summed E-state index contributed by atoms with van der Waals surface area (Å²) < 4.78 is 5.78. The van der Waals surface area contributed by atoms with E-state index in [1.54, 1.807) is 7.05 Å². The van der Waals surface area contributed by atoms with Gasteiger partial charge in [0.05, 0.1) is 18.2 Å². The molecule has 0 radical (unpaired) electrons. The molecule has 1 aromatic heterocycles. The highest BCUT2D eigenvalue weighted by Gasteiger charge is 2.17. The molecule has 1 aromatic rings. The summed E-state index contributed by atoms with van der Waals surface area (Å²) in [5, 5.41) is 10.3. The van der Waals surface area contributed by atoms with Gasteiger partial charge in [-0.3, -0.25) is 10.1 Å². The first kappa shape index (κ1) is 15.2. The van der Waals surface area contributed by atoms with Gasteiger partial charge in [0.15, 0.2) is 0 Å². The number of ether oxygens (including phenoxy) is 1. The van der Waals surface area contributed by atoms with Gasteiger partial charge in [0.1, 0.15) is 5.69 Å². The standard InChI is InChI=1S/C7H8N2O4.C4H10/c1-8-4-5(9(11)12)3-6(8)7(10)13-2;1-3-4-2/h3-4H,1-2H3;3-4H2,1-2H3. The van der Waals surface area contributed by atoms with Crippen LogP contribution in [0.5, 0.6) is 0 Å². The molecule has 0 aliphatic rings. The summed E-state index contributed by atoms with van der Waals surface area (Å²) in [6.07, 6.45) is 3.90. The van der Waals surface area contributed by atoms with E-state index >= 15 is 0 Å². The van der Waals surface area contributed by atoms with Crippen molar-refractivity contribution < 1.29 is 14.5 Å². The van der Waals surface area contributed by atoms with Crippen molar-refractivity contribution in [3.8, 4) is 0 Å². The number of esters is 1. The zero-order valence-electron chi connectivity index (χ0n) is 10.6. The van der Waals surface area contributed by atoms with Gasteiger partial charge >= 0.3 is 5.97 Å². The average molecular weight is 242 g/mol. The number of unbranched alkanes of at least 4 members (excludes halogenated alkanes) is 1. The molecule has 6 nitrogen and oxygen atoms in total. The number of methoxy groups -OCH3 is 1. The lowest BCUT2D eigenvalue weighted by Gasteiger charge is -1.97. The van der Waals surface area contributed by atoms with E-state index < -0.39 is 10.9 Å². The summed E-state index contributed by atoms with van der Waals surface area (Å²) in [6, 6.07) is 1.17. The number of carbonyl (C=O) groups excluding carboxylic acids is 1. The Bertz CT molecular complexity index is 383. The van der Waals surface area contributed by atoms with Gasteiger partial charge in [0, 0.05) is 13.1 Å². The molecule has 0 aliphatic heterocycles. The second kappa shape index (κ2) is 7.43. The van der Waals surface area contributed by atoms with Crippen LogP contribution in [0.2, 0.25) is 0 Å². The van der Waals surface area contributed by atoms with Crippen LogP contribution in [0.4, 0.5) is 5.69 Å². The molecule has 0 saturated carbocycles. The number of aromatic nitrogens is 1. The minimum absolute atomic E-state index is 0.122. The quantitative estimate of drug-likeness (QED) is 0.463. The highest BCUT2D eigenvalue weighted by atomic mass is 16.6. The maximum absolute atomic E-state index is 11.0. The molecule has 1 heterocycles. The van der Waals surface area contributed by atoms with E-state index in [9.17, 15) is 14.9 Å². The van der Waals surface area contributed by atoms with Gasteiger partial charge < -0.3 is 9.30 Å². The molecule has 0 aromatic carbocycles. The van der Waals surface area contributed by atoms with Crippen molar-refractivity contribution in [2.75, 3.05) is 7.11 Å². The van der Waals surface area contributed by atoms with Crippen LogP contribution in [0.15, 0.2) is 12.3 Å². The maximum Gasteiger partial charge on any atom is 0.354 e. The van der Waals surface area contributed by atoms with E-state index in [1.807, 2.05) is 0 Å². The van der Waals surface area contributed by atoms with E-state index in [2.05, 4.69) is 18.6 Å². The van der Waals surface area contributed by atoms with E-state index in [4.69, 9.17) is 0 Å². The van der Waals surface area contributed by atoms with Crippen LogP contribution < -0.4 is 0 Å². The second-order valence-electron chi connectivity index (χ2n) is 3.44. The summed E-state index contributed by atoms with van der Waals surface area (Å²) in [6.45, 7) is 4.36. The Morgan fingerprint density at radius 3 is 2.29 bits per heavy atom. The van der Waals surface area contributed by atoms with Crippen molar-refractivity contribution in [3.63, 3.8) is 0 Å². The van der Waals surface area contributed by atoms with Crippen LogP contribution in [0, 0.1) is 10.1 Å². The zero-order chi connectivity index (χ0) is 13.4. The highest BCUT2D eigenvalue weighted by Crippen LogP contribution is 2.15. The molecule has 17 heavy (non-hydrogen) atoms. The molecule has 96 valence electrons. The molecule has 0 amide bonds. The highest BCUT2D eigenvalue weighted by molar-refractivity contribution is 5.88. The molecule has 1 rings (SSSR count). The van der Waals surface area contributed by atoms with Crippen LogP contribution in [0.1, 0.15) is 37.2 Å². The molecule has 6 heteroatoms. The summed E-state index contributed by atoms with van der Waals surface area (Å²) >= 11 is 0. The summed E-state index contributed by atoms with van der Waals surface area (Å²) in [4.78, 5) is 20.8. The first-order valence-corrected chi connectivity index (χ1v) is 5.36. The van der Waals surface area contributed by atoms with Crippen molar-refractivity contribution in [2.24, 2.45) is 7.05 Å². The van der Waals surface area contributed by atoms with Crippen LogP contribution in [-0.2, 0) is 11.8 Å². The Labute approximate surface area is 100 Å². The van der Waals surface area contributed by atoms with Gasteiger partial charge in [-0.1, -0.05) is 26.7 Å². The largest absolute Gasteiger partial charge is 0.464 e. The first-order chi connectivity index (χ1) is 7.97. The lowest BCUT2D eigenvalue weighted by molar-refractivity contribution is -0.384. The van der Waals surface area contributed by atoms with E-state index in [0.29, 0.717) is 0 Å². The molecular formula is C11H18N2O4. The SMILES string of the molecule is CCCC.COC(=O)c1cc([N+](=O)[O-])cn1C. The topological polar surface area (TPSA) is 74.4 Å². The number of nitrogens with zero attached hydrogens (tertiary/aromatic N) is 2. The Hall–Kier alpha value is -1.85. The molecule has 0 bridgehead atoms. The fraction of sp³-hybridized carbons (Fsp3) is 0.545. The molecule has 0 unspecified atom stereocenters. The van der Waals surface area contributed by atoms with Gasteiger partial charge in [0.25, 0.3) is 5.69 Å². The summed E-state index contributed by atoms with van der Waals surface area (Å²) in [5.41, 5.74) is 0.0390. The number of hydrogen-bond acceptors (Lipinski definition) is 4. The predicted octanol–water partition coefficient (Wildman–Crippen LogP) is 2.53. The fourth-order valence-electron chi connectivity index (χ4n) is 0.954. The van der Waals surface area contributed by atoms with Crippen molar-refractivity contribution in [1.82, 2.24) is 4.57 Å². The number of rotatable bonds is 3. The molecule has 0 N–H and O–H groups in total. The van der Waals surface area contributed by atoms with Crippen LogP contribution in [-0.4, -0.2) is 22.6 Å². The van der Waals surface area contributed by atoms with Gasteiger partial charge in [-0.2, -0.15) is 0 Å². The van der Waals surface area contributed by atoms with E-state index in [1.165, 1.54) is 36.8 Å². The Balaban J connectivity index is 0.000000557. The number of carbonyl (C=O) groups is 1. The Morgan fingerprint density at radius 1 is 1.47 bits per heavy atom. The summed E-state index contributed by atoms with van der Waals surface area (Å²) in [5.74, 6) is -0.587. The number of aryl methyl sites for hydroxylation is 1. The first-order valence-electron chi connectivity index (χ1n) is 5.36. The minimum atomic E-state index is -0.587. The minimum Gasteiger partial charge on any atom is -0.464 e. The molecule has 0 aliphatic carbocycles. The summed E-state index contributed by atoms with van der Waals surface area (Å²) in [7, 11) is 2.76. The molecule has 0 saturated heterocycles. The fourth-order valence-corrected chi connectivity index (χ4v) is 0.954. The van der Waals surface area contributed by atoms with Crippen molar-refractivity contribution in [1.29, 1.82) is 0 Å². The van der Waals surface area contributed by atoms with Gasteiger partial charge in [-0.05, 0) is 0 Å². The lowest BCUT2D eigenvalue weighted by Crippen LogP contribution is -2.06. The van der Waals surface area contributed by atoms with Crippen LogP contribution in [0.25, 0.3) is 0 Å². The predicted molar refractivity (Wildman–Crippen MR) is 64.0 cm³/mol. The van der Waals surface area contributed by atoms with Crippen LogP contribution >= 0.6 is 0 Å². The van der Waals surface area contributed by atoms with E-state index in [-0.39, 0.29) is 11.4 Å². The number of nitro groups is 1. The molecule has 0 fully saturated rings. The van der Waals surface area contributed by atoms with E-state index in [0.717, 1.165) is 0 Å². The van der Waals surface area contributed by atoms with Crippen molar-refractivity contribution >= 4 is 11.7 Å². The van der Waals surface area contributed by atoms with Gasteiger partial charge in [0.2, 0.25) is 0 Å². The molecule has 0 atom stereocenters. The van der Waals surface area contributed by atoms with Crippen molar-refractivity contribution in [2.45, 2.75) is 26.7 Å². The monoisotopic (exact) mass is 242 g/mol. The third-order valence-corrected chi connectivity index (χ3v) is 2.10. The second-order valence-corrected chi connectivity index (χ2v) is 3.44. The smallest absolute Gasteiger partial charge is 0.354 e. The molecular weight excluding hydrogens is 224 g/mol. The zero-order valence-corrected chi connectivity index (χ0v) is 10.6. The normalized spacial score (nSPS) is 9.18.